The Kier molecular flexibility index (Phi) is 7.06. The van der Waals surface area contributed by atoms with Gasteiger partial charge in [0.05, 0.1) is 15.5 Å². The fourth-order valence-corrected chi connectivity index (χ4v) is 7.43. The van der Waals surface area contributed by atoms with Crippen LogP contribution in [0, 0.1) is 13.8 Å². The normalized spacial score (nSPS) is 15.0. The molecule has 1 amide bonds. The van der Waals surface area contributed by atoms with E-state index in [0.29, 0.717) is 29.3 Å². The van der Waals surface area contributed by atoms with E-state index in [0.717, 1.165) is 5.56 Å². The van der Waals surface area contributed by atoms with Gasteiger partial charge in [0.25, 0.3) is 26.0 Å². The van der Waals surface area contributed by atoms with E-state index >= 15 is 0 Å². The zero-order valence-electron chi connectivity index (χ0n) is 22.0. The number of nitrogens with one attached hydrogen (secondary N) is 2. The second kappa shape index (κ2) is 10.4. The molecule has 3 aromatic carbocycles. The van der Waals surface area contributed by atoms with Gasteiger partial charge in [-0.3, -0.25) is 13.8 Å². The molecule has 1 aromatic heterocycles. The highest BCUT2D eigenvalue weighted by Gasteiger charge is 2.36. The van der Waals surface area contributed by atoms with E-state index in [1.54, 1.807) is 26.0 Å². The number of nitrogens with zero attached hydrogens (tertiary/aromatic N) is 3. The summed E-state index contributed by atoms with van der Waals surface area (Å²) >= 11 is 0. The number of para-hydroxylation sites is 1. The fraction of sp³-hybridized carbons (Fsp3) is 0.179. The van der Waals surface area contributed by atoms with Crippen LogP contribution >= 0.6 is 0 Å². The van der Waals surface area contributed by atoms with Crippen molar-refractivity contribution in [2.24, 2.45) is 0 Å². The van der Waals surface area contributed by atoms with E-state index in [2.05, 4.69) is 20.0 Å². The lowest BCUT2D eigenvalue weighted by Gasteiger charge is -2.24. The number of carbonyl (C=O) groups is 1. The van der Waals surface area contributed by atoms with Gasteiger partial charge in [0.1, 0.15) is 11.6 Å². The van der Waals surface area contributed by atoms with Crippen molar-refractivity contribution >= 4 is 43.1 Å². The van der Waals surface area contributed by atoms with Crippen LogP contribution in [0.5, 0.6) is 0 Å². The first-order valence-corrected chi connectivity index (χ1v) is 15.4. The molecule has 0 saturated carbocycles. The Bertz CT molecular complexity index is 1800. The van der Waals surface area contributed by atoms with Crippen molar-refractivity contribution in [1.82, 2.24) is 9.97 Å². The molecule has 2 N–H and O–H groups in total. The van der Waals surface area contributed by atoms with Crippen LogP contribution in [-0.4, -0.2) is 38.8 Å². The molecule has 4 aromatic rings. The van der Waals surface area contributed by atoms with Crippen LogP contribution in [0.4, 0.5) is 17.2 Å². The van der Waals surface area contributed by atoms with Gasteiger partial charge in [-0.25, -0.2) is 26.8 Å². The van der Waals surface area contributed by atoms with Crippen molar-refractivity contribution in [2.75, 3.05) is 14.3 Å². The van der Waals surface area contributed by atoms with E-state index in [1.165, 1.54) is 58.9 Å². The Balaban J connectivity index is 1.32. The average Bonchev–Trinajstić information content (AvgIpc) is 3.24. The average molecular weight is 578 g/mol. The smallest absolute Gasteiger partial charge is 0.264 e. The van der Waals surface area contributed by atoms with E-state index in [9.17, 15) is 21.6 Å². The van der Waals surface area contributed by atoms with Gasteiger partial charge in [0.15, 0.2) is 0 Å². The molecule has 1 aliphatic heterocycles. The number of anilines is 3. The molecule has 0 fully saturated rings. The Morgan fingerprint density at radius 2 is 1.60 bits per heavy atom. The second-order valence-electron chi connectivity index (χ2n) is 9.54. The van der Waals surface area contributed by atoms with Gasteiger partial charge in [0.2, 0.25) is 0 Å². The number of benzene rings is 3. The minimum Gasteiger partial charge on any atom is -0.322 e. The zero-order chi connectivity index (χ0) is 28.7. The molecule has 12 heteroatoms. The van der Waals surface area contributed by atoms with Crippen LogP contribution in [0.1, 0.15) is 34.4 Å². The van der Waals surface area contributed by atoms with E-state index in [4.69, 9.17) is 0 Å². The Morgan fingerprint density at radius 1 is 0.875 bits per heavy atom. The zero-order valence-corrected chi connectivity index (χ0v) is 23.6. The maximum atomic E-state index is 13.6. The molecule has 206 valence electrons. The maximum Gasteiger partial charge on any atom is 0.264 e. The number of fused-ring (bicyclic) bond motifs is 1. The first-order chi connectivity index (χ1) is 18.9. The molecule has 2 heterocycles. The van der Waals surface area contributed by atoms with Crippen molar-refractivity contribution in [2.45, 2.75) is 43.0 Å². The summed E-state index contributed by atoms with van der Waals surface area (Å²) in [5, 5.41) is 2.69. The molecule has 0 radical (unpaired) electrons. The van der Waals surface area contributed by atoms with Crippen molar-refractivity contribution in [3.63, 3.8) is 0 Å². The molecule has 1 unspecified atom stereocenters. The minimum atomic E-state index is -3.92. The Morgan fingerprint density at radius 3 is 2.33 bits per heavy atom. The summed E-state index contributed by atoms with van der Waals surface area (Å²) in [6.07, 6.45) is 0.606. The predicted octanol–water partition coefficient (Wildman–Crippen LogP) is 4.29. The lowest BCUT2D eigenvalue weighted by Crippen LogP contribution is -2.35. The molecule has 0 aliphatic carbocycles. The predicted molar refractivity (Wildman–Crippen MR) is 152 cm³/mol. The molecule has 0 spiro atoms. The van der Waals surface area contributed by atoms with Crippen molar-refractivity contribution in [3.8, 4) is 0 Å². The molecule has 5 rings (SSSR count). The largest absolute Gasteiger partial charge is 0.322 e. The quantitative estimate of drug-likeness (QED) is 0.334. The highest BCUT2D eigenvalue weighted by atomic mass is 32.2. The highest BCUT2D eigenvalue weighted by molar-refractivity contribution is 7.93. The van der Waals surface area contributed by atoms with Crippen LogP contribution in [-0.2, 0) is 26.5 Å². The van der Waals surface area contributed by atoms with Crippen LogP contribution in [0.3, 0.4) is 0 Å². The van der Waals surface area contributed by atoms with Crippen LogP contribution in [0.25, 0.3) is 0 Å². The second-order valence-corrected chi connectivity index (χ2v) is 13.0. The number of aryl methyl sites for hydroxylation is 2. The molecule has 10 nitrogen and oxygen atoms in total. The van der Waals surface area contributed by atoms with E-state index in [1.807, 2.05) is 19.1 Å². The summed E-state index contributed by atoms with van der Waals surface area (Å²) in [5.74, 6) is 0.0593. The number of hydrogen-bond acceptors (Lipinski definition) is 7. The molecule has 1 atom stereocenters. The van der Waals surface area contributed by atoms with E-state index < -0.39 is 26.0 Å². The molecule has 0 bridgehead atoms. The van der Waals surface area contributed by atoms with Crippen LogP contribution in [0.2, 0.25) is 0 Å². The first kappa shape index (κ1) is 27.3. The summed E-state index contributed by atoms with van der Waals surface area (Å²) in [4.78, 5) is 21.2. The van der Waals surface area contributed by atoms with Gasteiger partial charge in [0, 0.05) is 29.1 Å². The van der Waals surface area contributed by atoms with Crippen molar-refractivity contribution < 1.29 is 21.6 Å². The number of amides is 1. The van der Waals surface area contributed by atoms with Gasteiger partial charge in [-0.1, -0.05) is 24.3 Å². The number of aromatic nitrogens is 2. The van der Waals surface area contributed by atoms with Crippen LogP contribution < -0.4 is 14.3 Å². The fourth-order valence-electron chi connectivity index (χ4n) is 4.70. The lowest BCUT2D eigenvalue weighted by atomic mass is 10.1. The summed E-state index contributed by atoms with van der Waals surface area (Å²) < 4.78 is 56.6. The van der Waals surface area contributed by atoms with Gasteiger partial charge < -0.3 is 5.32 Å². The third-order valence-electron chi connectivity index (χ3n) is 6.43. The van der Waals surface area contributed by atoms with Gasteiger partial charge >= 0.3 is 0 Å². The summed E-state index contributed by atoms with van der Waals surface area (Å²) in [7, 11) is -7.84. The Labute approximate surface area is 233 Å². The van der Waals surface area contributed by atoms with Gasteiger partial charge in [-0.15, -0.1) is 0 Å². The number of hydrogen-bond donors (Lipinski definition) is 2. The number of sulfonamides is 2. The topological polar surface area (TPSA) is 138 Å². The number of rotatable bonds is 7. The van der Waals surface area contributed by atoms with Crippen LogP contribution in [0.15, 0.2) is 88.7 Å². The highest BCUT2D eigenvalue weighted by Crippen LogP contribution is 2.36. The van der Waals surface area contributed by atoms with Gasteiger partial charge in [-0.2, -0.15) is 0 Å². The van der Waals surface area contributed by atoms with Crippen molar-refractivity contribution in [1.29, 1.82) is 0 Å². The molecular weight excluding hydrogens is 550 g/mol. The molecule has 1 aliphatic rings. The Hall–Kier alpha value is -4.29. The monoisotopic (exact) mass is 577 g/mol. The standard InChI is InChI=1S/C28H27N5O5S2/c1-18-15-27(30-20(3)29-18)32-39(35,36)24-13-11-23(12-14-24)31-28(34)22-8-6-9-25(17-22)40(37,38)33-19(2)16-21-7-4-5-10-26(21)33/h4-15,17,19H,16H2,1-3H3,(H,31,34)(H,29,30,32). The maximum absolute atomic E-state index is 13.6. The minimum absolute atomic E-state index is 0.00594. The van der Waals surface area contributed by atoms with Crippen molar-refractivity contribution in [3.05, 3.63) is 102 Å². The lowest BCUT2D eigenvalue weighted by molar-refractivity contribution is 0.102. The summed E-state index contributed by atoms with van der Waals surface area (Å²) in [5.41, 5.74) is 2.71. The molecule has 40 heavy (non-hydrogen) atoms. The third kappa shape index (κ3) is 5.40. The summed E-state index contributed by atoms with van der Waals surface area (Å²) in [6.45, 7) is 5.25. The first-order valence-electron chi connectivity index (χ1n) is 12.4. The summed E-state index contributed by atoms with van der Waals surface area (Å²) in [6, 6.07) is 20.1. The molecule has 0 saturated heterocycles. The van der Waals surface area contributed by atoms with E-state index in [-0.39, 0.29) is 27.2 Å². The third-order valence-corrected chi connectivity index (χ3v) is 9.72. The number of carbonyl (C=O) groups excluding carboxylic acids is 1. The van der Waals surface area contributed by atoms with Gasteiger partial charge in [-0.05, 0) is 81.3 Å². The SMILES string of the molecule is Cc1cc(NS(=O)(=O)c2ccc(NC(=O)c3cccc(S(=O)(=O)N4c5ccccc5CC4C)c3)cc2)nc(C)n1. The molecular formula is C28H27N5O5S2.